The number of hydrogen-bond acceptors (Lipinski definition) is 10. The van der Waals surface area contributed by atoms with Gasteiger partial charge in [-0.2, -0.15) is 9.97 Å². The number of piperazine rings is 1. The highest BCUT2D eigenvalue weighted by Crippen LogP contribution is 2.46. The molecule has 2 atom stereocenters. The number of aromatic nitrogens is 4. The Balaban J connectivity index is 1.13. The molecule has 3 saturated heterocycles. The summed E-state index contributed by atoms with van der Waals surface area (Å²) in [4.78, 5) is 32.3. The second-order valence-corrected chi connectivity index (χ2v) is 28.6. The van der Waals surface area contributed by atoms with Gasteiger partial charge in [0, 0.05) is 50.1 Å². The molecule has 0 unspecified atom stereocenters. The van der Waals surface area contributed by atoms with Gasteiger partial charge < -0.3 is 33.7 Å². The molecule has 1 amide bonds. The van der Waals surface area contributed by atoms with E-state index in [1.165, 1.54) is 51.7 Å². The summed E-state index contributed by atoms with van der Waals surface area (Å²) in [6.45, 7) is 23.1. The van der Waals surface area contributed by atoms with Crippen LogP contribution in [0.25, 0.3) is 32.9 Å². The van der Waals surface area contributed by atoms with Gasteiger partial charge in [-0.25, -0.2) is 13.6 Å². The molecule has 1 aliphatic carbocycles. The van der Waals surface area contributed by atoms with Crippen molar-refractivity contribution >= 4 is 41.7 Å². The molecule has 1 spiro atoms. The van der Waals surface area contributed by atoms with E-state index in [9.17, 15) is 4.79 Å². The number of rotatable bonds is 13. The van der Waals surface area contributed by atoms with Crippen molar-refractivity contribution in [2.75, 3.05) is 45.0 Å². The highest BCUT2D eigenvalue weighted by atomic mass is 28.3. The Labute approximate surface area is 425 Å². The third-order valence-corrected chi connectivity index (χ3v) is 22.8. The SMILES string of the molecule is COCOc1cc(-c2ncc3c(N4C[C@@H]5CC[C@@H](C4)N5C(=O)OC(C)(C)C)nc(OCc4cccn4CC4CCC5(CCNCC5)CC4)nc3c2F)c2c(C#C[Si](C(C)C)(C(C)C)C(C)C)c(F)ccc2c1. The molecule has 386 valence electrons. The number of carbonyl (C=O) groups excluding carboxylic acids is 1. The molecular weight excluding hydrogens is 929 g/mol. The molecule has 1 N–H and O–H groups in total. The average molecular weight is 1000 g/mol. The van der Waals surface area contributed by atoms with Crippen LogP contribution in [0.2, 0.25) is 16.6 Å². The van der Waals surface area contributed by atoms with Gasteiger partial charge >= 0.3 is 12.1 Å². The standard InChI is InChI=1S/C57H75F2N7O5Si/c1-36(2)72(37(3)4,38(5)6)27-19-45-48(58)16-13-40-28-44(70-35-68-10)29-46(49(40)45)51-50(59)52-47(30-61-51)53(65-32-41-14-15-42(33-65)66(41)55(67)71-56(7,8)9)63-54(62-52)69-34-43-12-11-26-64(43)31-39-17-20-57(21-18-39)22-24-60-25-23-57/h11-13,16,26,28-30,36-39,41-42,60H,14-15,17-18,20-25,31-35H2,1-10H3/t41-,42-/m0/s1. The van der Waals surface area contributed by atoms with E-state index in [0.717, 1.165) is 38.2 Å². The monoisotopic (exact) mass is 1000 g/mol. The lowest BCUT2D eigenvalue weighted by Crippen LogP contribution is -2.57. The third-order valence-electron chi connectivity index (χ3n) is 16.5. The normalized spacial score (nSPS) is 19.5. The number of nitrogens with one attached hydrogen (secondary N) is 1. The highest BCUT2D eigenvalue weighted by Gasteiger charge is 2.46. The zero-order valence-corrected chi connectivity index (χ0v) is 45.2. The summed E-state index contributed by atoms with van der Waals surface area (Å²) >= 11 is 0. The van der Waals surface area contributed by atoms with E-state index in [2.05, 4.69) is 80.1 Å². The van der Waals surface area contributed by atoms with E-state index in [1.54, 1.807) is 24.4 Å². The first kappa shape index (κ1) is 51.6. The van der Waals surface area contributed by atoms with Gasteiger partial charge in [0.1, 0.15) is 48.9 Å². The maximum absolute atomic E-state index is 18.1. The molecule has 4 aliphatic rings. The van der Waals surface area contributed by atoms with Crippen LogP contribution in [-0.2, 0) is 22.6 Å². The lowest BCUT2D eigenvalue weighted by atomic mass is 9.66. The fraction of sp³-hybridized carbons (Fsp3) is 0.579. The van der Waals surface area contributed by atoms with Crippen LogP contribution in [0.4, 0.5) is 19.4 Å². The molecule has 2 bridgehead atoms. The summed E-state index contributed by atoms with van der Waals surface area (Å²) in [7, 11) is -0.798. The van der Waals surface area contributed by atoms with Gasteiger partial charge in [0.05, 0.1) is 28.7 Å². The molecule has 72 heavy (non-hydrogen) atoms. The Hall–Kier alpha value is -5.30. The van der Waals surface area contributed by atoms with Crippen LogP contribution >= 0.6 is 0 Å². The predicted molar refractivity (Wildman–Crippen MR) is 283 cm³/mol. The van der Waals surface area contributed by atoms with E-state index in [0.29, 0.717) is 74.3 Å². The Kier molecular flexibility index (Phi) is 15.0. The summed E-state index contributed by atoms with van der Waals surface area (Å²) in [5.74, 6) is 3.60. The number of piperidine rings is 1. The van der Waals surface area contributed by atoms with Crippen molar-refractivity contribution in [2.24, 2.45) is 11.3 Å². The molecule has 5 aromatic rings. The summed E-state index contributed by atoms with van der Waals surface area (Å²) in [6.07, 6.45) is 12.5. The zero-order valence-electron chi connectivity index (χ0n) is 44.2. The minimum absolute atomic E-state index is 0.0117. The van der Waals surface area contributed by atoms with Crippen molar-refractivity contribution in [1.29, 1.82) is 0 Å². The maximum atomic E-state index is 18.1. The van der Waals surface area contributed by atoms with Gasteiger partial charge in [0.15, 0.2) is 12.6 Å². The number of amides is 1. The van der Waals surface area contributed by atoms with E-state index >= 15 is 8.78 Å². The number of nitrogens with zero attached hydrogens (tertiary/aromatic N) is 6. The van der Waals surface area contributed by atoms with E-state index in [1.807, 2.05) is 31.7 Å². The summed E-state index contributed by atoms with van der Waals surface area (Å²) < 4.78 is 60.5. The molecule has 15 heteroatoms. The average Bonchev–Trinajstić information content (AvgIpc) is 3.90. The summed E-state index contributed by atoms with van der Waals surface area (Å²) in [6, 6.07) is 10.4. The highest BCUT2D eigenvalue weighted by molar-refractivity contribution is 6.90. The lowest BCUT2D eigenvalue weighted by Gasteiger charge is -2.43. The van der Waals surface area contributed by atoms with Crippen LogP contribution in [0.1, 0.15) is 125 Å². The zero-order chi connectivity index (χ0) is 51.1. The molecule has 4 fully saturated rings. The van der Waals surface area contributed by atoms with Crippen LogP contribution in [0.3, 0.4) is 0 Å². The quantitative estimate of drug-likeness (QED) is 0.0694. The van der Waals surface area contributed by atoms with Crippen molar-refractivity contribution in [3.05, 3.63) is 71.7 Å². The lowest BCUT2D eigenvalue weighted by molar-refractivity contribution is 0.0122. The first-order valence-electron chi connectivity index (χ1n) is 26.4. The molecular formula is C57H75F2N7O5Si. The van der Waals surface area contributed by atoms with Gasteiger partial charge in [-0.05, 0) is 149 Å². The summed E-state index contributed by atoms with van der Waals surface area (Å²) in [5.41, 5.74) is 5.94. The molecule has 3 aliphatic heterocycles. The van der Waals surface area contributed by atoms with Crippen LogP contribution < -0.4 is 19.7 Å². The fourth-order valence-corrected chi connectivity index (χ4v) is 18.1. The van der Waals surface area contributed by atoms with Crippen LogP contribution in [0, 0.1) is 34.4 Å². The first-order valence-corrected chi connectivity index (χ1v) is 28.6. The molecule has 3 aromatic heterocycles. The van der Waals surface area contributed by atoms with Crippen LogP contribution in [0.5, 0.6) is 11.8 Å². The van der Waals surface area contributed by atoms with E-state index in [-0.39, 0.29) is 54.4 Å². The molecule has 12 nitrogen and oxygen atoms in total. The minimum Gasteiger partial charge on any atom is -0.468 e. The van der Waals surface area contributed by atoms with Crippen molar-refractivity contribution in [3.8, 4) is 34.5 Å². The molecule has 6 heterocycles. The van der Waals surface area contributed by atoms with Gasteiger partial charge in [-0.1, -0.05) is 53.5 Å². The second-order valence-electron chi connectivity index (χ2n) is 23.0. The Morgan fingerprint density at radius 3 is 2.26 bits per heavy atom. The van der Waals surface area contributed by atoms with Crippen molar-refractivity contribution in [3.63, 3.8) is 0 Å². The number of methoxy groups -OCH3 is 1. The number of anilines is 1. The Morgan fingerprint density at radius 2 is 1.61 bits per heavy atom. The number of benzene rings is 2. The van der Waals surface area contributed by atoms with Crippen molar-refractivity contribution in [1.82, 2.24) is 29.7 Å². The molecule has 2 aromatic carbocycles. The minimum atomic E-state index is -2.33. The van der Waals surface area contributed by atoms with Crippen molar-refractivity contribution < 1.29 is 32.5 Å². The first-order chi connectivity index (χ1) is 34.4. The summed E-state index contributed by atoms with van der Waals surface area (Å²) in [5, 5.41) is 4.98. The topological polar surface area (TPSA) is 116 Å². The number of ether oxygens (including phenoxy) is 4. The smallest absolute Gasteiger partial charge is 0.410 e. The van der Waals surface area contributed by atoms with Crippen LogP contribution in [-0.4, -0.2) is 96.4 Å². The van der Waals surface area contributed by atoms with Gasteiger partial charge in [0.2, 0.25) is 0 Å². The van der Waals surface area contributed by atoms with Gasteiger partial charge in [0.25, 0.3) is 0 Å². The maximum Gasteiger partial charge on any atom is 0.410 e. The Bertz CT molecular complexity index is 2800. The number of carbonyl (C=O) groups is 1. The Morgan fingerprint density at radius 1 is 0.917 bits per heavy atom. The predicted octanol–water partition coefficient (Wildman–Crippen LogP) is 12.2. The fourth-order valence-electron chi connectivity index (χ4n) is 12.8. The molecule has 1 saturated carbocycles. The van der Waals surface area contributed by atoms with Crippen molar-refractivity contribution in [2.45, 2.75) is 161 Å². The van der Waals surface area contributed by atoms with Crippen LogP contribution in [0.15, 0.2) is 48.8 Å². The number of hydrogen-bond donors (Lipinski definition) is 1. The number of halogens is 2. The van der Waals surface area contributed by atoms with Gasteiger partial charge in [-0.3, -0.25) is 9.88 Å². The third kappa shape index (κ3) is 10.3. The number of pyridine rings is 1. The van der Waals surface area contributed by atoms with Gasteiger partial charge in [-0.15, -0.1) is 5.54 Å². The molecule has 9 rings (SSSR count). The molecule has 0 radical (unpaired) electrons. The largest absolute Gasteiger partial charge is 0.468 e. The second kappa shape index (κ2) is 20.9. The van der Waals surface area contributed by atoms with E-state index in [4.69, 9.17) is 33.9 Å². The van der Waals surface area contributed by atoms with E-state index < -0.39 is 25.3 Å². The number of fused-ring (bicyclic) bond motifs is 4.